The molecule has 58 valence electrons. The van der Waals surface area contributed by atoms with Crippen LogP contribution in [0.15, 0.2) is 0 Å². The number of rotatable bonds is 3. The second-order valence-electron chi connectivity index (χ2n) is 2.64. The minimum Gasteiger partial charge on any atom is -0.481 e. The maximum absolute atomic E-state index is 10.4. The van der Waals surface area contributed by atoms with E-state index in [1.54, 1.807) is 0 Å². The summed E-state index contributed by atoms with van der Waals surface area (Å²) in [4.78, 5) is 10.4. The van der Waals surface area contributed by atoms with E-state index < -0.39 is 5.97 Å². The first kappa shape index (κ1) is 7.54. The Balaban J connectivity index is 2.34. The first-order chi connectivity index (χ1) is 4.68. The van der Waals surface area contributed by atoms with Gasteiger partial charge in [-0.3, -0.25) is 4.79 Å². The lowest BCUT2D eigenvalue weighted by Crippen LogP contribution is -2.04. The average molecular weight is 144 g/mol. The molecule has 0 amide bonds. The largest absolute Gasteiger partial charge is 0.481 e. The molecule has 1 saturated carbocycles. The average Bonchev–Trinajstić information content (AvgIpc) is 2.43. The van der Waals surface area contributed by atoms with Crippen molar-refractivity contribution in [2.24, 2.45) is 11.8 Å². The van der Waals surface area contributed by atoms with Gasteiger partial charge in [-0.05, 0) is 12.8 Å². The molecule has 3 heteroatoms. The van der Waals surface area contributed by atoms with E-state index in [0.29, 0.717) is 6.61 Å². The normalized spacial score (nSPS) is 37.6. The zero-order valence-corrected chi connectivity index (χ0v) is 6.20. The van der Waals surface area contributed by atoms with Crippen molar-refractivity contribution in [1.29, 1.82) is 0 Å². The Morgan fingerprint density at radius 3 is 2.60 bits per heavy atom. The van der Waals surface area contributed by atoms with Gasteiger partial charge in [-0.25, -0.2) is 0 Å². The van der Waals surface area contributed by atoms with E-state index in [-0.39, 0.29) is 17.9 Å². The number of carboxylic acid groups (broad SMARTS) is 1. The van der Waals surface area contributed by atoms with Crippen LogP contribution in [0.3, 0.4) is 0 Å². The van der Waals surface area contributed by atoms with Crippen LogP contribution in [0.2, 0.25) is 0 Å². The summed E-state index contributed by atoms with van der Waals surface area (Å²) >= 11 is 0. The second kappa shape index (κ2) is 2.58. The van der Waals surface area contributed by atoms with Crippen molar-refractivity contribution in [3.05, 3.63) is 0 Å². The topological polar surface area (TPSA) is 46.5 Å². The summed E-state index contributed by atoms with van der Waals surface area (Å²) in [5.74, 6) is -0.775. The minimum atomic E-state index is -0.731. The molecule has 3 nitrogen and oxygen atoms in total. The zero-order valence-electron chi connectivity index (χ0n) is 6.20. The molecule has 0 unspecified atom stereocenters. The molecule has 0 aromatic rings. The lowest BCUT2D eigenvalue weighted by Gasteiger charge is -1.94. The lowest BCUT2D eigenvalue weighted by atomic mass is 10.3. The summed E-state index contributed by atoms with van der Waals surface area (Å²) in [6.45, 7) is 4.39. The molecule has 0 aromatic carbocycles. The smallest absolute Gasteiger partial charge is 0.309 e. The van der Waals surface area contributed by atoms with Crippen molar-refractivity contribution >= 4 is 5.97 Å². The molecule has 0 aromatic heterocycles. The lowest BCUT2D eigenvalue weighted by molar-refractivity contribution is -0.139. The van der Waals surface area contributed by atoms with Crippen LogP contribution < -0.4 is 0 Å². The maximum Gasteiger partial charge on any atom is 0.309 e. The number of hydrogen-bond acceptors (Lipinski definition) is 2. The van der Waals surface area contributed by atoms with Crippen molar-refractivity contribution in [2.45, 2.75) is 20.0 Å². The van der Waals surface area contributed by atoms with Gasteiger partial charge in [-0.15, -0.1) is 0 Å². The molecule has 0 spiro atoms. The maximum atomic E-state index is 10.4. The minimum absolute atomic E-state index is 0.0255. The third kappa shape index (κ3) is 1.14. The van der Waals surface area contributed by atoms with E-state index in [9.17, 15) is 4.79 Å². The summed E-state index contributed by atoms with van der Waals surface area (Å²) in [7, 11) is 0. The molecule has 1 aliphatic rings. The van der Waals surface area contributed by atoms with Gasteiger partial charge in [-0.2, -0.15) is 0 Å². The van der Waals surface area contributed by atoms with Gasteiger partial charge in [0.25, 0.3) is 0 Å². The molecule has 3 atom stereocenters. The van der Waals surface area contributed by atoms with E-state index in [4.69, 9.17) is 9.84 Å². The fraction of sp³-hybridized carbons (Fsp3) is 0.857. The molecule has 0 radical (unpaired) electrons. The highest BCUT2D eigenvalue weighted by molar-refractivity contribution is 5.74. The van der Waals surface area contributed by atoms with Gasteiger partial charge in [0.1, 0.15) is 0 Å². The molecule has 0 bridgehead atoms. The molecule has 10 heavy (non-hydrogen) atoms. The molecular formula is C7H12O3. The van der Waals surface area contributed by atoms with E-state index in [0.717, 1.165) is 0 Å². The number of aliphatic carboxylic acids is 1. The molecular weight excluding hydrogens is 132 g/mol. The molecule has 1 N–H and O–H groups in total. The Hall–Kier alpha value is -0.570. The molecule has 0 heterocycles. The van der Waals surface area contributed by atoms with Gasteiger partial charge in [0.2, 0.25) is 0 Å². The van der Waals surface area contributed by atoms with Crippen molar-refractivity contribution < 1.29 is 14.6 Å². The quantitative estimate of drug-likeness (QED) is 0.635. The van der Waals surface area contributed by atoms with Crippen LogP contribution in [0.25, 0.3) is 0 Å². The van der Waals surface area contributed by atoms with E-state index >= 15 is 0 Å². The van der Waals surface area contributed by atoms with Crippen LogP contribution in [0.4, 0.5) is 0 Å². The van der Waals surface area contributed by atoms with Crippen LogP contribution in [-0.4, -0.2) is 23.8 Å². The number of carboxylic acids is 1. The Kier molecular flexibility index (Phi) is 1.94. The van der Waals surface area contributed by atoms with E-state index in [1.807, 2.05) is 13.8 Å². The van der Waals surface area contributed by atoms with E-state index in [2.05, 4.69) is 0 Å². The first-order valence-corrected chi connectivity index (χ1v) is 3.53. The third-order valence-corrected chi connectivity index (χ3v) is 1.94. The highest BCUT2D eigenvalue weighted by Gasteiger charge is 2.52. The standard InChI is InChI=1S/C7H12O3/c1-3-10-6-4(2)5(6)7(8)9/h4-6H,3H2,1-2H3,(H,8,9)/t4-,5-,6-/m1/s1. The Labute approximate surface area is 60.0 Å². The molecule has 1 fully saturated rings. The van der Waals surface area contributed by atoms with Crippen molar-refractivity contribution in [1.82, 2.24) is 0 Å². The van der Waals surface area contributed by atoms with Crippen LogP contribution in [-0.2, 0) is 9.53 Å². The van der Waals surface area contributed by atoms with Gasteiger partial charge < -0.3 is 9.84 Å². The summed E-state index contributed by atoms with van der Waals surface area (Å²) in [5.41, 5.74) is 0. The van der Waals surface area contributed by atoms with Gasteiger partial charge in [0.05, 0.1) is 12.0 Å². The fourth-order valence-corrected chi connectivity index (χ4v) is 1.24. The third-order valence-electron chi connectivity index (χ3n) is 1.94. The first-order valence-electron chi connectivity index (χ1n) is 3.53. The summed E-state index contributed by atoms with van der Waals surface area (Å²) in [6, 6.07) is 0. The predicted molar refractivity (Wildman–Crippen MR) is 35.7 cm³/mol. The van der Waals surface area contributed by atoms with Crippen LogP contribution in [0.1, 0.15) is 13.8 Å². The van der Waals surface area contributed by atoms with Crippen molar-refractivity contribution in [2.75, 3.05) is 6.61 Å². The zero-order chi connectivity index (χ0) is 7.72. The van der Waals surface area contributed by atoms with Gasteiger partial charge >= 0.3 is 5.97 Å². The molecule has 1 aliphatic carbocycles. The molecule has 0 aliphatic heterocycles. The van der Waals surface area contributed by atoms with Gasteiger partial charge in [-0.1, -0.05) is 6.92 Å². The van der Waals surface area contributed by atoms with Crippen LogP contribution in [0.5, 0.6) is 0 Å². The number of ether oxygens (including phenoxy) is 1. The second-order valence-corrected chi connectivity index (χ2v) is 2.64. The Morgan fingerprint density at radius 1 is 1.70 bits per heavy atom. The fourth-order valence-electron chi connectivity index (χ4n) is 1.24. The monoisotopic (exact) mass is 144 g/mol. The van der Waals surface area contributed by atoms with Gasteiger partial charge in [0, 0.05) is 6.61 Å². The highest BCUT2D eigenvalue weighted by Crippen LogP contribution is 2.41. The van der Waals surface area contributed by atoms with Crippen LogP contribution in [0, 0.1) is 11.8 Å². The summed E-state index contributed by atoms with van der Waals surface area (Å²) in [5, 5.41) is 8.54. The Morgan fingerprint density at radius 2 is 2.30 bits per heavy atom. The molecule has 0 saturated heterocycles. The predicted octanol–water partition coefficient (Wildman–Crippen LogP) is 0.742. The highest BCUT2D eigenvalue weighted by atomic mass is 16.5. The van der Waals surface area contributed by atoms with Crippen LogP contribution >= 0.6 is 0 Å². The Bertz CT molecular complexity index is 144. The molecule has 1 rings (SSSR count). The van der Waals surface area contributed by atoms with Gasteiger partial charge in [0.15, 0.2) is 0 Å². The summed E-state index contributed by atoms with van der Waals surface area (Å²) in [6.07, 6.45) is -0.0255. The van der Waals surface area contributed by atoms with Crippen molar-refractivity contribution in [3.8, 4) is 0 Å². The number of hydrogen-bond donors (Lipinski definition) is 1. The number of carbonyl (C=O) groups is 1. The SMILES string of the molecule is CCO[C@@H]1[C@H](C)[C@H]1C(=O)O. The summed E-state index contributed by atoms with van der Waals surface area (Å²) < 4.78 is 5.16. The van der Waals surface area contributed by atoms with E-state index in [1.165, 1.54) is 0 Å². The van der Waals surface area contributed by atoms with Crippen molar-refractivity contribution in [3.63, 3.8) is 0 Å².